The molecule has 132 valence electrons. The quantitative estimate of drug-likeness (QED) is 0.908. The number of hydrogen-bond acceptors (Lipinski definition) is 5. The van der Waals surface area contributed by atoms with Crippen LogP contribution in [0, 0.1) is 12.7 Å². The van der Waals surface area contributed by atoms with Crippen molar-refractivity contribution in [1.29, 1.82) is 0 Å². The van der Waals surface area contributed by atoms with Gasteiger partial charge in [0, 0.05) is 37.6 Å². The highest BCUT2D eigenvalue weighted by Crippen LogP contribution is 2.20. The van der Waals surface area contributed by atoms with Crippen LogP contribution < -0.4 is 10.2 Å². The van der Waals surface area contributed by atoms with Crippen LogP contribution in [0.15, 0.2) is 24.3 Å². The minimum atomic E-state index is -0.533. The number of piperazine rings is 1. The van der Waals surface area contributed by atoms with E-state index >= 15 is 0 Å². The summed E-state index contributed by atoms with van der Waals surface area (Å²) in [5.74, 6) is -0.367. The number of nitrogens with zero attached hydrogens (tertiary/aromatic N) is 4. The van der Waals surface area contributed by atoms with Gasteiger partial charge in [0.1, 0.15) is 11.5 Å². The Balaban J connectivity index is 1.79. The van der Waals surface area contributed by atoms with Gasteiger partial charge in [-0.3, -0.25) is 4.79 Å². The lowest BCUT2D eigenvalue weighted by Gasteiger charge is -2.32. The van der Waals surface area contributed by atoms with Crippen molar-refractivity contribution in [3.8, 4) is 0 Å². The first-order valence-corrected chi connectivity index (χ1v) is 8.36. The third kappa shape index (κ3) is 4.24. The van der Waals surface area contributed by atoms with E-state index in [4.69, 9.17) is 11.6 Å². The maximum atomic E-state index is 13.2. The van der Waals surface area contributed by atoms with E-state index in [9.17, 15) is 9.18 Å². The molecule has 6 nitrogen and oxygen atoms in total. The number of carbonyl (C=O) groups is 1. The second-order valence-electron chi connectivity index (χ2n) is 6.07. The van der Waals surface area contributed by atoms with Gasteiger partial charge in [0.05, 0.1) is 5.02 Å². The molecule has 0 atom stereocenters. The number of rotatable bonds is 3. The molecule has 0 saturated carbocycles. The van der Waals surface area contributed by atoms with Crippen molar-refractivity contribution in [2.45, 2.75) is 6.92 Å². The van der Waals surface area contributed by atoms with Gasteiger partial charge in [-0.05, 0) is 38.2 Å². The van der Waals surface area contributed by atoms with Gasteiger partial charge in [-0.1, -0.05) is 11.6 Å². The van der Waals surface area contributed by atoms with E-state index in [2.05, 4.69) is 32.1 Å². The number of aryl methyl sites for hydroxylation is 1. The van der Waals surface area contributed by atoms with Crippen LogP contribution in [-0.4, -0.2) is 54.0 Å². The van der Waals surface area contributed by atoms with Gasteiger partial charge in [0.25, 0.3) is 5.91 Å². The van der Waals surface area contributed by atoms with Crippen LogP contribution in [0.3, 0.4) is 0 Å². The van der Waals surface area contributed by atoms with E-state index in [1.807, 2.05) is 6.92 Å². The Hall–Kier alpha value is -2.25. The number of carbonyl (C=O) groups excluding carboxylic acids is 1. The molecule has 0 aliphatic carbocycles. The molecule has 0 radical (unpaired) electrons. The average Bonchev–Trinajstić information content (AvgIpc) is 2.58. The molecule has 3 rings (SSSR count). The molecule has 1 fully saturated rings. The molecule has 1 aromatic heterocycles. The van der Waals surface area contributed by atoms with Crippen molar-refractivity contribution in [2.24, 2.45) is 0 Å². The molecule has 8 heteroatoms. The molecule has 2 heterocycles. The Kier molecular flexibility index (Phi) is 5.15. The predicted octanol–water partition coefficient (Wildman–Crippen LogP) is 2.58. The molecule has 1 aromatic carbocycles. The van der Waals surface area contributed by atoms with Crippen LogP contribution in [0.5, 0.6) is 0 Å². The Morgan fingerprint density at radius 2 is 1.92 bits per heavy atom. The zero-order valence-electron chi connectivity index (χ0n) is 14.1. The Bertz CT molecular complexity index is 793. The van der Waals surface area contributed by atoms with Crippen molar-refractivity contribution in [2.75, 3.05) is 43.4 Å². The summed E-state index contributed by atoms with van der Waals surface area (Å²) in [5, 5.41) is 2.64. The van der Waals surface area contributed by atoms with Crippen LogP contribution in [0.2, 0.25) is 5.02 Å². The summed E-state index contributed by atoms with van der Waals surface area (Å²) in [6, 6.07) is 5.65. The first kappa shape index (κ1) is 17.6. The van der Waals surface area contributed by atoms with E-state index in [0.29, 0.717) is 17.3 Å². The first-order chi connectivity index (χ1) is 11.9. The number of anilines is 2. The van der Waals surface area contributed by atoms with Crippen molar-refractivity contribution < 1.29 is 9.18 Å². The lowest BCUT2D eigenvalue weighted by atomic mass is 10.2. The molecule has 1 amide bonds. The largest absolute Gasteiger partial charge is 0.338 e. The summed E-state index contributed by atoms with van der Waals surface area (Å²) in [6.07, 6.45) is 0. The number of hydrogen-bond donors (Lipinski definition) is 1. The van der Waals surface area contributed by atoms with E-state index in [1.165, 1.54) is 18.2 Å². The van der Waals surface area contributed by atoms with Crippen molar-refractivity contribution in [3.05, 3.63) is 46.5 Å². The molecule has 1 aliphatic rings. The molecule has 25 heavy (non-hydrogen) atoms. The number of benzene rings is 1. The molecule has 1 saturated heterocycles. The molecule has 1 aliphatic heterocycles. The number of halogens is 2. The van der Waals surface area contributed by atoms with Crippen molar-refractivity contribution >= 4 is 29.1 Å². The second kappa shape index (κ2) is 7.33. The van der Waals surface area contributed by atoms with Crippen LogP contribution >= 0.6 is 11.6 Å². The maximum absolute atomic E-state index is 13.2. The maximum Gasteiger partial charge on any atom is 0.274 e. The molecule has 0 bridgehead atoms. The normalized spacial score (nSPS) is 15.3. The Morgan fingerprint density at radius 3 is 2.60 bits per heavy atom. The third-order valence-electron chi connectivity index (χ3n) is 4.04. The molecule has 1 N–H and O–H groups in total. The fraction of sp³-hybridized carbons (Fsp3) is 0.353. The lowest BCUT2D eigenvalue weighted by molar-refractivity contribution is 0.102. The van der Waals surface area contributed by atoms with E-state index in [-0.39, 0.29) is 16.6 Å². The highest BCUT2D eigenvalue weighted by atomic mass is 35.5. The minimum Gasteiger partial charge on any atom is -0.338 e. The van der Waals surface area contributed by atoms with Crippen LogP contribution in [0.25, 0.3) is 0 Å². The standard InChI is InChI=1S/C17H19ClFN5O/c1-11-9-15(16(25)21-12-3-4-14(19)13(18)10-12)22-17(20-11)24-7-5-23(2)6-8-24/h3-4,9-10H,5-8H2,1-2H3,(H,21,25). The van der Waals surface area contributed by atoms with Crippen molar-refractivity contribution in [3.63, 3.8) is 0 Å². The smallest absolute Gasteiger partial charge is 0.274 e. The topological polar surface area (TPSA) is 61.4 Å². The summed E-state index contributed by atoms with van der Waals surface area (Å²) >= 11 is 5.74. The van der Waals surface area contributed by atoms with Crippen LogP contribution in [-0.2, 0) is 0 Å². The fourth-order valence-corrected chi connectivity index (χ4v) is 2.77. The zero-order chi connectivity index (χ0) is 18.0. The summed E-state index contributed by atoms with van der Waals surface area (Å²) in [5.41, 5.74) is 1.39. The van der Waals surface area contributed by atoms with Crippen LogP contribution in [0.4, 0.5) is 16.0 Å². The molecule has 0 spiro atoms. The highest BCUT2D eigenvalue weighted by molar-refractivity contribution is 6.31. The van der Waals surface area contributed by atoms with Gasteiger partial charge in [-0.15, -0.1) is 0 Å². The number of likely N-dealkylation sites (N-methyl/N-ethyl adjacent to an activating group) is 1. The van der Waals surface area contributed by atoms with Gasteiger partial charge in [0.2, 0.25) is 5.95 Å². The van der Waals surface area contributed by atoms with Crippen molar-refractivity contribution in [1.82, 2.24) is 14.9 Å². The lowest BCUT2D eigenvalue weighted by Crippen LogP contribution is -2.45. The SMILES string of the molecule is Cc1cc(C(=O)Nc2ccc(F)c(Cl)c2)nc(N2CCN(C)CC2)n1. The van der Waals surface area contributed by atoms with E-state index in [0.717, 1.165) is 26.2 Å². The first-order valence-electron chi connectivity index (χ1n) is 7.98. The van der Waals surface area contributed by atoms with E-state index in [1.54, 1.807) is 6.07 Å². The summed E-state index contributed by atoms with van der Waals surface area (Å²) in [7, 11) is 2.07. The third-order valence-corrected chi connectivity index (χ3v) is 4.33. The van der Waals surface area contributed by atoms with Crippen LogP contribution in [0.1, 0.15) is 16.2 Å². The summed E-state index contributed by atoms with van der Waals surface area (Å²) in [4.78, 5) is 25.6. The molecule has 0 unspecified atom stereocenters. The van der Waals surface area contributed by atoms with Gasteiger partial charge >= 0.3 is 0 Å². The predicted molar refractivity (Wildman–Crippen MR) is 95.8 cm³/mol. The van der Waals surface area contributed by atoms with E-state index < -0.39 is 5.82 Å². The minimum absolute atomic E-state index is 0.0465. The summed E-state index contributed by atoms with van der Waals surface area (Å²) < 4.78 is 13.2. The Morgan fingerprint density at radius 1 is 1.20 bits per heavy atom. The number of nitrogens with one attached hydrogen (secondary N) is 1. The van der Waals surface area contributed by atoms with Gasteiger partial charge in [-0.2, -0.15) is 0 Å². The summed E-state index contributed by atoms with van der Waals surface area (Å²) in [6.45, 7) is 5.30. The van der Waals surface area contributed by atoms with Gasteiger partial charge in [0.15, 0.2) is 0 Å². The second-order valence-corrected chi connectivity index (χ2v) is 6.48. The number of amides is 1. The Labute approximate surface area is 150 Å². The average molecular weight is 364 g/mol. The van der Waals surface area contributed by atoms with Gasteiger partial charge in [-0.25, -0.2) is 14.4 Å². The monoisotopic (exact) mass is 363 g/mol. The molecular formula is C17H19ClFN5O. The fourth-order valence-electron chi connectivity index (χ4n) is 2.59. The number of aromatic nitrogens is 2. The molecular weight excluding hydrogens is 345 g/mol. The van der Waals surface area contributed by atoms with Gasteiger partial charge < -0.3 is 15.1 Å². The zero-order valence-corrected chi connectivity index (χ0v) is 14.8. The highest BCUT2D eigenvalue weighted by Gasteiger charge is 2.19. The molecule has 2 aromatic rings.